The van der Waals surface area contributed by atoms with Gasteiger partial charge in [-0.3, -0.25) is 14.4 Å². The van der Waals surface area contributed by atoms with E-state index in [0.29, 0.717) is 30.3 Å². The Morgan fingerprint density at radius 2 is 1.74 bits per heavy atom. The van der Waals surface area contributed by atoms with Crippen molar-refractivity contribution in [3.8, 4) is 5.75 Å². The van der Waals surface area contributed by atoms with Gasteiger partial charge in [-0.15, -0.1) is 0 Å². The van der Waals surface area contributed by atoms with Crippen molar-refractivity contribution >= 4 is 23.5 Å². The fourth-order valence-corrected chi connectivity index (χ4v) is 4.87. The van der Waals surface area contributed by atoms with Gasteiger partial charge in [0.15, 0.2) is 5.82 Å². The smallest absolute Gasteiger partial charge is 0.250 e. The molecule has 2 aromatic carbocycles. The van der Waals surface area contributed by atoms with E-state index in [1.807, 2.05) is 59.5 Å². The zero-order valence-electron chi connectivity index (χ0n) is 25.3. The molecule has 11 nitrogen and oxygen atoms in total. The lowest BCUT2D eigenvalue weighted by molar-refractivity contribution is -0.135. The first-order valence-corrected chi connectivity index (χ1v) is 14.5. The summed E-state index contributed by atoms with van der Waals surface area (Å²) in [7, 11) is 1.57. The number of carbonyl (C=O) groups excluding carboxylic acids is 3. The highest BCUT2D eigenvalue weighted by molar-refractivity contribution is 5.98. The number of methoxy groups -OCH3 is 1. The molecule has 1 aliphatic heterocycles. The molecule has 2 atom stereocenters. The number of rotatable bonds is 12. The lowest BCUT2D eigenvalue weighted by Gasteiger charge is -2.33. The first-order valence-electron chi connectivity index (χ1n) is 14.5. The second kappa shape index (κ2) is 14.3. The third-order valence-corrected chi connectivity index (χ3v) is 7.52. The molecule has 230 valence electrons. The molecule has 4 N–H and O–H groups in total. The van der Waals surface area contributed by atoms with Gasteiger partial charge in [0, 0.05) is 24.8 Å². The molecule has 0 spiro atoms. The molecule has 2 heterocycles. The third-order valence-electron chi connectivity index (χ3n) is 7.52. The number of benzene rings is 2. The highest BCUT2D eigenvalue weighted by Gasteiger charge is 2.33. The van der Waals surface area contributed by atoms with Crippen LogP contribution in [0.15, 0.2) is 67.1 Å². The van der Waals surface area contributed by atoms with E-state index >= 15 is 0 Å². The van der Waals surface area contributed by atoms with Gasteiger partial charge < -0.3 is 35.3 Å². The van der Waals surface area contributed by atoms with E-state index < -0.39 is 29.4 Å². The maximum absolute atomic E-state index is 13.9. The molecule has 1 aromatic heterocycles. The summed E-state index contributed by atoms with van der Waals surface area (Å²) in [6, 6.07) is 15.1. The van der Waals surface area contributed by atoms with Crippen LogP contribution in [-0.4, -0.2) is 70.6 Å². The molecule has 1 fully saturated rings. The van der Waals surface area contributed by atoms with Crippen LogP contribution in [0.4, 0.5) is 5.82 Å². The quantitative estimate of drug-likeness (QED) is 0.294. The van der Waals surface area contributed by atoms with E-state index in [0.717, 1.165) is 18.4 Å². The minimum Gasteiger partial charge on any atom is -0.496 e. The molecular weight excluding hydrogens is 548 g/mol. The van der Waals surface area contributed by atoms with Gasteiger partial charge in [0.1, 0.15) is 17.8 Å². The molecule has 43 heavy (non-hydrogen) atoms. The van der Waals surface area contributed by atoms with Crippen molar-refractivity contribution in [3.05, 3.63) is 78.2 Å². The van der Waals surface area contributed by atoms with Crippen LogP contribution in [0.2, 0.25) is 0 Å². The number of ether oxygens (including phenoxy) is 2. The predicted octanol–water partition coefficient (Wildman–Crippen LogP) is 3.12. The van der Waals surface area contributed by atoms with Gasteiger partial charge >= 0.3 is 0 Å². The van der Waals surface area contributed by atoms with Crippen LogP contribution in [0.5, 0.6) is 5.75 Å². The summed E-state index contributed by atoms with van der Waals surface area (Å²) in [6.07, 6.45) is 5.00. The van der Waals surface area contributed by atoms with Crippen LogP contribution in [0.1, 0.15) is 50.8 Å². The molecule has 1 aliphatic rings. The van der Waals surface area contributed by atoms with Gasteiger partial charge in [-0.05, 0) is 44.2 Å². The lowest BCUT2D eigenvalue weighted by Crippen LogP contribution is -2.56. The molecule has 4 rings (SSSR count). The van der Waals surface area contributed by atoms with Gasteiger partial charge in [0.2, 0.25) is 11.8 Å². The number of carbonyl (C=O) groups is 3. The summed E-state index contributed by atoms with van der Waals surface area (Å²) in [4.78, 5) is 46.2. The topological polar surface area (TPSA) is 141 Å². The number of amides is 3. The second-order valence-corrected chi connectivity index (χ2v) is 11.6. The van der Waals surface area contributed by atoms with Crippen LogP contribution in [-0.2, 0) is 25.7 Å². The number of nitrogens with zero attached hydrogens (tertiary/aromatic N) is 3. The molecule has 0 aliphatic carbocycles. The summed E-state index contributed by atoms with van der Waals surface area (Å²) in [5, 5.41) is 5.45. The van der Waals surface area contributed by atoms with Gasteiger partial charge in [-0.25, -0.2) is 4.98 Å². The summed E-state index contributed by atoms with van der Waals surface area (Å²) >= 11 is 0. The van der Waals surface area contributed by atoms with Gasteiger partial charge in [-0.2, -0.15) is 0 Å². The zero-order chi connectivity index (χ0) is 31.0. The second-order valence-electron chi connectivity index (χ2n) is 11.6. The highest BCUT2D eigenvalue weighted by Crippen LogP contribution is 2.31. The number of nitrogens with one attached hydrogen (secondary N) is 2. The predicted molar refractivity (Wildman–Crippen MR) is 163 cm³/mol. The fourth-order valence-electron chi connectivity index (χ4n) is 4.87. The Kier molecular flexibility index (Phi) is 10.5. The zero-order valence-corrected chi connectivity index (χ0v) is 25.3. The highest BCUT2D eigenvalue weighted by atomic mass is 16.5. The normalized spacial score (nSPS) is 15.4. The number of anilines is 1. The number of hydrogen-bond acceptors (Lipinski definition) is 7. The van der Waals surface area contributed by atoms with Crippen LogP contribution < -0.4 is 21.1 Å². The van der Waals surface area contributed by atoms with Crippen LogP contribution in [0, 0.1) is 5.92 Å². The largest absolute Gasteiger partial charge is 0.496 e. The summed E-state index contributed by atoms with van der Waals surface area (Å²) in [5.74, 6) is 0.267. The third kappa shape index (κ3) is 8.42. The molecular formula is C32H42N6O5. The molecule has 3 amide bonds. The van der Waals surface area contributed by atoms with E-state index in [1.54, 1.807) is 31.7 Å². The van der Waals surface area contributed by atoms with Crippen molar-refractivity contribution < 1.29 is 23.9 Å². The molecule has 0 bridgehead atoms. The fraction of sp³-hybridized carbons (Fsp3) is 0.438. The van der Waals surface area contributed by atoms with Crippen LogP contribution >= 0.6 is 0 Å². The minimum absolute atomic E-state index is 0.0729. The van der Waals surface area contributed by atoms with E-state index in [9.17, 15) is 14.4 Å². The van der Waals surface area contributed by atoms with Crippen LogP contribution in [0.3, 0.4) is 0 Å². The molecule has 11 heteroatoms. The number of para-hydroxylation sites is 1. The van der Waals surface area contributed by atoms with Crippen molar-refractivity contribution in [1.82, 2.24) is 19.8 Å². The first-order chi connectivity index (χ1) is 20.6. The average Bonchev–Trinajstić information content (AvgIpc) is 3.44. The van der Waals surface area contributed by atoms with Crippen molar-refractivity contribution in [2.75, 3.05) is 32.1 Å². The Labute approximate surface area is 252 Å². The van der Waals surface area contributed by atoms with Gasteiger partial charge in [0.25, 0.3) is 5.91 Å². The Morgan fingerprint density at radius 3 is 2.42 bits per heavy atom. The number of piperidine rings is 1. The van der Waals surface area contributed by atoms with Crippen molar-refractivity contribution in [2.24, 2.45) is 11.7 Å². The Balaban J connectivity index is 1.54. The Bertz CT molecular complexity index is 1380. The van der Waals surface area contributed by atoms with E-state index in [-0.39, 0.29) is 24.9 Å². The average molecular weight is 591 g/mol. The number of aromatic nitrogens is 2. The van der Waals surface area contributed by atoms with Crippen molar-refractivity contribution in [3.63, 3.8) is 0 Å². The summed E-state index contributed by atoms with van der Waals surface area (Å²) in [6.45, 7) is 6.83. The molecule has 0 radical (unpaired) electrons. The summed E-state index contributed by atoms with van der Waals surface area (Å²) < 4.78 is 13.1. The van der Waals surface area contributed by atoms with Crippen LogP contribution in [0.25, 0.3) is 0 Å². The first kappa shape index (κ1) is 31.7. The molecule has 1 unspecified atom stereocenters. The lowest BCUT2D eigenvalue weighted by atomic mass is 9.97. The van der Waals surface area contributed by atoms with Crippen molar-refractivity contribution in [1.29, 1.82) is 0 Å². The minimum atomic E-state index is -1.20. The van der Waals surface area contributed by atoms with Gasteiger partial charge in [0.05, 0.1) is 32.2 Å². The number of hydrogen-bond donors (Lipinski definition) is 3. The number of likely N-dealkylation sites (tertiary alicyclic amines) is 1. The maximum Gasteiger partial charge on any atom is 0.250 e. The standard InChI is InChI=1S/C32H42N6O5/c1-22-14-16-37(17-15-22)30(40)28(24-12-8-9-13-26(24)42-4)38-18-27(34-21-38)36-29(39)25(35-31(41)32(2,3)33)20-43-19-23-10-6-5-7-11-23/h5-13,18,21-22,25,28H,14-17,19-20,33H2,1-4H3,(H,35,41)(H,36,39)/t25-,28?/m1/s1. The molecule has 3 aromatic rings. The Hall–Kier alpha value is -4.22. The monoisotopic (exact) mass is 590 g/mol. The maximum atomic E-state index is 13.9. The molecule has 0 saturated carbocycles. The van der Waals surface area contributed by atoms with E-state index in [2.05, 4.69) is 22.5 Å². The number of imidazole rings is 1. The number of nitrogens with two attached hydrogens (primary N) is 1. The summed E-state index contributed by atoms with van der Waals surface area (Å²) in [5.41, 5.74) is 6.39. The molecule has 1 saturated heterocycles. The Morgan fingerprint density at radius 1 is 1.07 bits per heavy atom. The van der Waals surface area contributed by atoms with E-state index in [4.69, 9.17) is 15.2 Å². The van der Waals surface area contributed by atoms with Crippen molar-refractivity contribution in [2.45, 2.75) is 57.8 Å². The van der Waals surface area contributed by atoms with E-state index in [1.165, 1.54) is 6.33 Å². The SMILES string of the molecule is COc1ccccc1C(C(=O)N1CCC(C)CC1)n1cnc(NC(=O)[C@@H](COCc2ccccc2)NC(=O)C(C)(C)N)c1. The van der Waals surface area contributed by atoms with Gasteiger partial charge in [-0.1, -0.05) is 55.5 Å².